The molecule has 1 saturated carbocycles. The lowest BCUT2D eigenvalue weighted by atomic mass is 9.80. The van der Waals surface area contributed by atoms with E-state index in [9.17, 15) is 18.7 Å². The lowest BCUT2D eigenvalue weighted by Crippen LogP contribution is -2.48. The zero-order chi connectivity index (χ0) is 15.5. The largest absolute Gasteiger partial charge is 0.433 e. The Hall–Kier alpha value is -1.89. The van der Waals surface area contributed by atoms with Crippen LogP contribution in [0.2, 0.25) is 0 Å². The third-order valence-corrected chi connectivity index (χ3v) is 3.55. The van der Waals surface area contributed by atoms with Gasteiger partial charge in [-0.15, -0.1) is 0 Å². The fourth-order valence-corrected chi connectivity index (χ4v) is 2.16. The van der Waals surface area contributed by atoms with Gasteiger partial charge in [0.05, 0.1) is 11.3 Å². The molecule has 0 bridgehead atoms. The smallest absolute Gasteiger partial charge is 0.387 e. The first-order valence-electron chi connectivity index (χ1n) is 6.71. The number of aryl methyl sites for hydroxylation is 1. The summed E-state index contributed by atoms with van der Waals surface area (Å²) < 4.78 is 29.1. The van der Waals surface area contributed by atoms with E-state index in [2.05, 4.69) is 15.4 Å². The molecule has 0 radical (unpaired) electrons. The number of hydrogen-bond acceptors (Lipinski definition) is 3. The third kappa shape index (κ3) is 4.04. The van der Waals surface area contributed by atoms with E-state index in [0.717, 1.165) is 6.42 Å². The molecule has 2 amide bonds. The van der Waals surface area contributed by atoms with E-state index in [4.69, 9.17) is 0 Å². The van der Waals surface area contributed by atoms with Crippen LogP contribution in [0.4, 0.5) is 19.3 Å². The molecule has 3 N–H and O–H groups in total. The number of ether oxygens (including phenoxy) is 1. The molecule has 1 aliphatic carbocycles. The summed E-state index contributed by atoms with van der Waals surface area (Å²) in [5.41, 5.74) is -0.0488. The Kier molecular flexibility index (Phi) is 4.62. The summed E-state index contributed by atoms with van der Waals surface area (Å²) in [6.07, 6.45) is 2.23. The number of rotatable bonds is 5. The van der Waals surface area contributed by atoms with Crippen LogP contribution in [0.15, 0.2) is 18.2 Å². The molecule has 1 fully saturated rings. The quantitative estimate of drug-likeness (QED) is 0.783. The maximum absolute atomic E-state index is 12.3. The minimum absolute atomic E-state index is 0.0949. The molecule has 7 heteroatoms. The average Bonchev–Trinajstić information content (AvgIpc) is 2.37. The third-order valence-electron chi connectivity index (χ3n) is 3.55. The van der Waals surface area contributed by atoms with Crippen LogP contribution in [-0.4, -0.2) is 29.9 Å². The predicted molar refractivity (Wildman–Crippen MR) is 73.6 cm³/mol. The van der Waals surface area contributed by atoms with Crippen molar-refractivity contribution in [3.05, 3.63) is 23.8 Å². The van der Waals surface area contributed by atoms with Gasteiger partial charge in [-0.2, -0.15) is 8.78 Å². The van der Waals surface area contributed by atoms with Crippen LogP contribution < -0.4 is 15.4 Å². The van der Waals surface area contributed by atoms with Gasteiger partial charge in [0, 0.05) is 6.54 Å². The molecule has 116 valence electrons. The van der Waals surface area contributed by atoms with E-state index in [-0.39, 0.29) is 18.0 Å². The van der Waals surface area contributed by atoms with Gasteiger partial charge in [0.2, 0.25) is 0 Å². The molecule has 1 aliphatic rings. The maximum Gasteiger partial charge on any atom is 0.387 e. The van der Waals surface area contributed by atoms with Gasteiger partial charge in [-0.3, -0.25) is 0 Å². The van der Waals surface area contributed by atoms with Gasteiger partial charge in [-0.25, -0.2) is 4.79 Å². The number of nitrogens with one attached hydrogen (secondary N) is 2. The molecule has 0 aromatic heterocycles. The SMILES string of the molecule is Cc1cccc(OC(F)F)c1NC(=O)NCC1(O)CCC1. The van der Waals surface area contributed by atoms with Gasteiger partial charge < -0.3 is 20.5 Å². The standard InChI is InChI=1S/C14H18F2N2O3/c1-9-4-2-5-10(21-12(15)16)11(9)18-13(19)17-8-14(20)6-3-7-14/h2,4-5,12,20H,3,6-8H2,1H3,(H2,17,18,19). The fraction of sp³-hybridized carbons (Fsp3) is 0.500. The van der Waals surface area contributed by atoms with Crippen molar-refractivity contribution < 1.29 is 23.4 Å². The Balaban J connectivity index is 1.99. The topological polar surface area (TPSA) is 70.6 Å². The highest BCUT2D eigenvalue weighted by molar-refractivity contribution is 5.92. The number of urea groups is 1. The van der Waals surface area contributed by atoms with Crippen molar-refractivity contribution in [1.82, 2.24) is 5.32 Å². The number of anilines is 1. The molecule has 1 aromatic carbocycles. The average molecular weight is 300 g/mol. The van der Waals surface area contributed by atoms with E-state index in [1.54, 1.807) is 19.1 Å². The molecule has 2 rings (SSSR count). The van der Waals surface area contributed by atoms with Crippen LogP contribution >= 0.6 is 0 Å². The summed E-state index contributed by atoms with van der Waals surface area (Å²) in [4.78, 5) is 11.8. The Morgan fingerprint density at radius 1 is 1.48 bits per heavy atom. The highest BCUT2D eigenvalue weighted by Crippen LogP contribution is 2.31. The highest BCUT2D eigenvalue weighted by atomic mass is 19.3. The van der Waals surface area contributed by atoms with E-state index in [0.29, 0.717) is 18.4 Å². The zero-order valence-corrected chi connectivity index (χ0v) is 11.7. The van der Waals surface area contributed by atoms with Crippen molar-refractivity contribution in [1.29, 1.82) is 0 Å². The molecule has 0 aliphatic heterocycles. The predicted octanol–water partition coefficient (Wildman–Crippen LogP) is 2.63. The molecular weight excluding hydrogens is 282 g/mol. The van der Waals surface area contributed by atoms with Gasteiger partial charge in [-0.05, 0) is 37.8 Å². The van der Waals surface area contributed by atoms with E-state index in [1.807, 2.05) is 0 Å². The molecule has 5 nitrogen and oxygen atoms in total. The number of benzene rings is 1. The fourth-order valence-electron chi connectivity index (χ4n) is 2.16. The number of halogens is 2. The van der Waals surface area contributed by atoms with Crippen LogP contribution in [0.3, 0.4) is 0 Å². The minimum atomic E-state index is -2.97. The number of alkyl halides is 2. The first-order valence-corrected chi connectivity index (χ1v) is 6.71. The Bertz CT molecular complexity index is 519. The summed E-state index contributed by atoms with van der Waals surface area (Å²) in [5.74, 6) is -0.0949. The molecule has 1 aromatic rings. The summed E-state index contributed by atoms with van der Waals surface area (Å²) in [6, 6.07) is 4.03. The summed E-state index contributed by atoms with van der Waals surface area (Å²) in [7, 11) is 0. The zero-order valence-electron chi connectivity index (χ0n) is 11.7. The van der Waals surface area contributed by atoms with Crippen molar-refractivity contribution in [2.24, 2.45) is 0 Å². The number of aliphatic hydroxyl groups is 1. The van der Waals surface area contributed by atoms with Crippen LogP contribution in [0.1, 0.15) is 24.8 Å². The van der Waals surface area contributed by atoms with Gasteiger partial charge in [-0.1, -0.05) is 12.1 Å². The van der Waals surface area contributed by atoms with Crippen molar-refractivity contribution in [2.45, 2.75) is 38.4 Å². The molecule has 0 atom stereocenters. The number of carbonyl (C=O) groups is 1. The van der Waals surface area contributed by atoms with Crippen molar-refractivity contribution >= 4 is 11.7 Å². The second-order valence-corrected chi connectivity index (χ2v) is 5.21. The van der Waals surface area contributed by atoms with Crippen LogP contribution in [0, 0.1) is 6.92 Å². The Labute approximate surface area is 121 Å². The van der Waals surface area contributed by atoms with E-state index < -0.39 is 18.2 Å². The molecule has 0 heterocycles. The molecule has 0 spiro atoms. The van der Waals surface area contributed by atoms with E-state index >= 15 is 0 Å². The first kappa shape index (κ1) is 15.5. The normalized spacial score (nSPS) is 16.2. The van der Waals surface area contributed by atoms with Gasteiger partial charge in [0.1, 0.15) is 5.75 Å². The minimum Gasteiger partial charge on any atom is -0.433 e. The second kappa shape index (κ2) is 6.26. The number of carbonyl (C=O) groups excluding carboxylic acids is 1. The van der Waals surface area contributed by atoms with Crippen molar-refractivity contribution in [2.75, 3.05) is 11.9 Å². The lowest BCUT2D eigenvalue weighted by molar-refractivity contribution is -0.0493. The summed E-state index contributed by atoms with van der Waals surface area (Å²) >= 11 is 0. The van der Waals surface area contributed by atoms with E-state index in [1.165, 1.54) is 6.07 Å². The molecule has 21 heavy (non-hydrogen) atoms. The number of hydrogen-bond donors (Lipinski definition) is 3. The monoisotopic (exact) mass is 300 g/mol. The van der Waals surface area contributed by atoms with Gasteiger partial charge >= 0.3 is 12.6 Å². The Morgan fingerprint density at radius 3 is 2.76 bits per heavy atom. The number of amides is 2. The second-order valence-electron chi connectivity index (χ2n) is 5.21. The maximum atomic E-state index is 12.3. The Morgan fingerprint density at radius 2 is 2.19 bits per heavy atom. The van der Waals surface area contributed by atoms with Gasteiger partial charge in [0.15, 0.2) is 0 Å². The van der Waals surface area contributed by atoms with Crippen molar-refractivity contribution in [3.63, 3.8) is 0 Å². The van der Waals surface area contributed by atoms with Crippen LogP contribution in [-0.2, 0) is 0 Å². The summed E-state index contributed by atoms with van der Waals surface area (Å²) in [5, 5.41) is 14.9. The first-order chi connectivity index (χ1) is 9.89. The lowest BCUT2D eigenvalue weighted by Gasteiger charge is -2.36. The molecular formula is C14H18F2N2O3. The van der Waals surface area contributed by atoms with Crippen LogP contribution in [0.5, 0.6) is 5.75 Å². The number of para-hydroxylation sites is 1. The van der Waals surface area contributed by atoms with Gasteiger partial charge in [0.25, 0.3) is 0 Å². The molecule has 0 saturated heterocycles. The summed E-state index contributed by atoms with van der Waals surface area (Å²) in [6.45, 7) is -1.16. The molecule has 0 unspecified atom stereocenters. The van der Waals surface area contributed by atoms with Crippen molar-refractivity contribution in [3.8, 4) is 5.75 Å². The van der Waals surface area contributed by atoms with Crippen LogP contribution in [0.25, 0.3) is 0 Å². The highest BCUT2D eigenvalue weighted by Gasteiger charge is 2.34.